The highest BCUT2D eigenvalue weighted by molar-refractivity contribution is 5.82. The molecule has 0 N–H and O–H groups in total. The predicted molar refractivity (Wildman–Crippen MR) is 76.4 cm³/mol. The van der Waals surface area contributed by atoms with Gasteiger partial charge in [0, 0.05) is 31.0 Å². The van der Waals surface area contributed by atoms with Gasteiger partial charge in [-0.2, -0.15) is 0 Å². The van der Waals surface area contributed by atoms with Crippen LogP contribution in [0.3, 0.4) is 0 Å². The minimum Gasteiger partial charge on any atom is -0.497 e. The number of benzene rings is 1. The molecule has 0 aromatic heterocycles. The number of Topliss-reactive ketones (excluding diaryl/α,β-unsaturated/α-hetero) is 1. The van der Waals surface area contributed by atoms with Crippen LogP contribution in [0.2, 0.25) is 0 Å². The highest BCUT2D eigenvalue weighted by Gasteiger charge is 2.33. The Kier molecular flexibility index (Phi) is 4.25. The summed E-state index contributed by atoms with van der Waals surface area (Å²) in [6.07, 6.45) is 0.673. The Morgan fingerprint density at radius 1 is 1.26 bits per heavy atom. The molecule has 0 aliphatic carbocycles. The molecule has 0 radical (unpaired) electrons. The van der Waals surface area contributed by atoms with Gasteiger partial charge in [-0.15, -0.1) is 0 Å². The number of carbonyl (C=O) groups is 1. The van der Waals surface area contributed by atoms with Crippen LogP contribution in [0.5, 0.6) is 5.75 Å². The molecule has 3 heteroatoms. The summed E-state index contributed by atoms with van der Waals surface area (Å²) in [5, 5.41) is 0. The second-order valence-electron chi connectivity index (χ2n) is 5.43. The first kappa shape index (κ1) is 14.1. The quantitative estimate of drug-likeness (QED) is 0.837. The number of ketones is 1. The zero-order chi connectivity index (χ0) is 14.0. The summed E-state index contributed by atoms with van der Waals surface area (Å²) in [4.78, 5) is 14.2. The van der Waals surface area contributed by atoms with Crippen molar-refractivity contribution in [2.75, 3.05) is 13.7 Å². The molecule has 0 amide bonds. The van der Waals surface area contributed by atoms with Crippen molar-refractivity contribution in [1.82, 2.24) is 4.90 Å². The number of piperidine rings is 1. The molecule has 1 aliphatic heterocycles. The molecule has 1 aromatic carbocycles. The van der Waals surface area contributed by atoms with E-state index < -0.39 is 0 Å². The van der Waals surface area contributed by atoms with Gasteiger partial charge in [0.15, 0.2) is 0 Å². The van der Waals surface area contributed by atoms with Gasteiger partial charge in [0.1, 0.15) is 11.5 Å². The maximum Gasteiger partial charge on any atom is 0.138 e. The Bertz CT molecular complexity index is 441. The lowest BCUT2D eigenvalue weighted by molar-refractivity contribution is -0.128. The zero-order valence-electron chi connectivity index (χ0n) is 12.2. The van der Waals surface area contributed by atoms with Gasteiger partial charge in [-0.3, -0.25) is 9.69 Å². The standard InChI is InChI=1S/C16H23NO2/c1-11-12(2)17(10-9-16(11)18)13(3)14-5-7-15(19-4)8-6-14/h5-8,11-13H,9-10H2,1-4H3. The molecular formula is C16H23NO2. The molecule has 2 rings (SSSR count). The number of hydrogen-bond donors (Lipinski definition) is 0. The first-order valence-corrected chi connectivity index (χ1v) is 6.97. The van der Waals surface area contributed by atoms with Crippen LogP contribution in [-0.4, -0.2) is 30.4 Å². The molecule has 1 aliphatic rings. The maximum atomic E-state index is 11.7. The van der Waals surface area contributed by atoms with E-state index in [1.54, 1.807) is 7.11 Å². The molecule has 1 fully saturated rings. The van der Waals surface area contributed by atoms with Crippen LogP contribution in [0.25, 0.3) is 0 Å². The molecule has 0 spiro atoms. The third-order valence-electron chi connectivity index (χ3n) is 4.47. The lowest BCUT2D eigenvalue weighted by Gasteiger charge is -2.41. The van der Waals surface area contributed by atoms with E-state index in [1.165, 1.54) is 5.56 Å². The fourth-order valence-electron chi connectivity index (χ4n) is 2.85. The van der Waals surface area contributed by atoms with Crippen molar-refractivity contribution in [2.45, 2.75) is 39.3 Å². The van der Waals surface area contributed by atoms with Gasteiger partial charge >= 0.3 is 0 Å². The molecular weight excluding hydrogens is 238 g/mol. The molecule has 3 unspecified atom stereocenters. The van der Waals surface area contributed by atoms with Gasteiger partial charge in [0.2, 0.25) is 0 Å². The minimum absolute atomic E-state index is 0.134. The molecule has 1 saturated heterocycles. The predicted octanol–water partition coefficient (Wildman–Crippen LogP) is 3.06. The summed E-state index contributed by atoms with van der Waals surface area (Å²) in [6, 6.07) is 8.84. The molecule has 0 bridgehead atoms. The van der Waals surface area contributed by atoms with E-state index in [0.29, 0.717) is 24.3 Å². The first-order valence-electron chi connectivity index (χ1n) is 6.97. The topological polar surface area (TPSA) is 29.5 Å². The van der Waals surface area contributed by atoms with E-state index in [4.69, 9.17) is 4.74 Å². The van der Waals surface area contributed by atoms with Crippen LogP contribution in [0, 0.1) is 5.92 Å². The van der Waals surface area contributed by atoms with Crippen molar-refractivity contribution in [3.8, 4) is 5.75 Å². The number of hydrogen-bond acceptors (Lipinski definition) is 3. The third kappa shape index (κ3) is 2.81. The van der Waals surface area contributed by atoms with Gasteiger partial charge in [-0.05, 0) is 31.5 Å². The average molecular weight is 261 g/mol. The van der Waals surface area contributed by atoms with Gasteiger partial charge in [0.05, 0.1) is 7.11 Å². The normalized spacial score (nSPS) is 26.2. The number of carbonyl (C=O) groups excluding carboxylic acids is 1. The zero-order valence-corrected chi connectivity index (χ0v) is 12.2. The van der Waals surface area contributed by atoms with Crippen LogP contribution < -0.4 is 4.74 Å². The number of ether oxygens (including phenoxy) is 1. The number of methoxy groups -OCH3 is 1. The summed E-state index contributed by atoms with van der Waals surface area (Å²) in [5.41, 5.74) is 1.27. The van der Waals surface area contributed by atoms with Crippen molar-refractivity contribution >= 4 is 5.78 Å². The Morgan fingerprint density at radius 2 is 1.89 bits per heavy atom. The van der Waals surface area contributed by atoms with E-state index in [-0.39, 0.29) is 5.92 Å². The van der Waals surface area contributed by atoms with Crippen LogP contribution in [0.4, 0.5) is 0 Å². The van der Waals surface area contributed by atoms with Crippen molar-refractivity contribution in [3.63, 3.8) is 0 Å². The Balaban J connectivity index is 2.14. The van der Waals surface area contributed by atoms with Gasteiger partial charge in [0.25, 0.3) is 0 Å². The number of nitrogens with zero attached hydrogens (tertiary/aromatic N) is 1. The monoisotopic (exact) mass is 261 g/mol. The summed E-state index contributed by atoms with van der Waals surface area (Å²) in [7, 11) is 1.68. The minimum atomic E-state index is 0.134. The molecule has 1 aromatic rings. The third-order valence-corrected chi connectivity index (χ3v) is 4.47. The second kappa shape index (κ2) is 5.74. The SMILES string of the molecule is COc1ccc(C(C)N2CCC(=O)C(C)C2C)cc1. The van der Waals surface area contributed by atoms with Crippen molar-refractivity contribution in [3.05, 3.63) is 29.8 Å². The summed E-state index contributed by atoms with van der Waals surface area (Å²) in [6.45, 7) is 7.26. The van der Waals surface area contributed by atoms with Gasteiger partial charge in [-0.1, -0.05) is 19.1 Å². The smallest absolute Gasteiger partial charge is 0.138 e. The van der Waals surface area contributed by atoms with Crippen molar-refractivity contribution in [2.24, 2.45) is 5.92 Å². The first-order chi connectivity index (χ1) is 9.04. The van der Waals surface area contributed by atoms with E-state index in [0.717, 1.165) is 12.3 Å². The largest absolute Gasteiger partial charge is 0.497 e. The maximum absolute atomic E-state index is 11.7. The Morgan fingerprint density at radius 3 is 2.47 bits per heavy atom. The molecule has 0 saturated carbocycles. The second-order valence-corrected chi connectivity index (χ2v) is 5.43. The average Bonchev–Trinajstić information content (AvgIpc) is 2.44. The number of rotatable bonds is 3. The highest BCUT2D eigenvalue weighted by atomic mass is 16.5. The van der Waals surface area contributed by atoms with E-state index in [2.05, 4.69) is 30.9 Å². The molecule has 19 heavy (non-hydrogen) atoms. The van der Waals surface area contributed by atoms with Crippen molar-refractivity contribution in [1.29, 1.82) is 0 Å². The Hall–Kier alpha value is -1.35. The lowest BCUT2D eigenvalue weighted by atomic mass is 9.88. The van der Waals surface area contributed by atoms with E-state index in [1.807, 2.05) is 19.1 Å². The van der Waals surface area contributed by atoms with Crippen LogP contribution in [0.1, 0.15) is 38.8 Å². The van der Waals surface area contributed by atoms with Crippen LogP contribution >= 0.6 is 0 Å². The van der Waals surface area contributed by atoms with Gasteiger partial charge in [-0.25, -0.2) is 0 Å². The fourth-order valence-corrected chi connectivity index (χ4v) is 2.85. The highest BCUT2D eigenvalue weighted by Crippen LogP contribution is 2.30. The van der Waals surface area contributed by atoms with Crippen LogP contribution in [-0.2, 0) is 4.79 Å². The molecule has 104 valence electrons. The summed E-state index contributed by atoms with van der Waals surface area (Å²) in [5.74, 6) is 1.41. The van der Waals surface area contributed by atoms with E-state index in [9.17, 15) is 4.79 Å². The summed E-state index contributed by atoms with van der Waals surface area (Å²) >= 11 is 0. The lowest BCUT2D eigenvalue weighted by Crippen LogP contribution is -2.47. The Labute approximate surface area is 115 Å². The van der Waals surface area contributed by atoms with Crippen molar-refractivity contribution < 1.29 is 9.53 Å². The molecule has 3 nitrogen and oxygen atoms in total. The molecule has 3 atom stereocenters. The summed E-state index contributed by atoms with van der Waals surface area (Å²) < 4.78 is 5.19. The molecule has 1 heterocycles. The number of likely N-dealkylation sites (tertiary alicyclic amines) is 1. The van der Waals surface area contributed by atoms with Gasteiger partial charge < -0.3 is 4.74 Å². The van der Waals surface area contributed by atoms with E-state index >= 15 is 0 Å². The van der Waals surface area contributed by atoms with Crippen LogP contribution in [0.15, 0.2) is 24.3 Å². The fraction of sp³-hybridized carbons (Fsp3) is 0.562.